The van der Waals surface area contributed by atoms with E-state index >= 15 is 0 Å². The van der Waals surface area contributed by atoms with Crippen molar-refractivity contribution in [1.29, 1.82) is 0 Å². The predicted molar refractivity (Wildman–Crippen MR) is 59.3 cm³/mol. The van der Waals surface area contributed by atoms with E-state index < -0.39 is 0 Å². The van der Waals surface area contributed by atoms with Gasteiger partial charge in [0.25, 0.3) is 0 Å². The second kappa shape index (κ2) is 4.43. The van der Waals surface area contributed by atoms with Crippen LogP contribution in [0.5, 0.6) is 0 Å². The zero-order valence-electron chi connectivity index (χ0n) is 8.62. The van der Waals surface area contributed by atoms with Gasteiger partial charge in [0.2, 0.25) is 0 Å². The van der Waals surface area contributed by atoms with Gasteiger partial charge in [-0.3, -0.25) is 4.99 Å². The van der Waals surface area contributed by atoms with E-state index in [1.807, 2.05) is 0 Å². The minimum absolute atomic E-state index is 0.195. The van der Waals surface area contributed by atoms with Crippen molar-refractivity contribution in [3.63, 3.8) is 0 Å². The van der Waals surface area contributed by atoms with Gasteiger partial charge in [0.15, 0.2) is 0 Å². The van der Waals surface area contributed by atoms with Gasteiger partial charge in [-0.15, -0.1) is 0 Å². The topological polar surface area (TPSA) is 38.4 Å². The lowest BCUT2D eigenvalue weighted by Crippen LogP contribution is -2.14. The van der Waals surface area contributed by atoms with Crippen molar-refractivity contribution in [2.45, 2.75) is 19.3 Å². The number of benzene rings is 1. The smallest absolute Gasteiger partial charge is 0.123 e. The third kappa shape index (κ3) is 3.05. The maximum Gasteiger partial charge on any atom is 0.123 e. The van der Waals surface area contributed by atoms with Gasteiger partial charge in [-0.05, 0) is 37.0 Å². The quantitative estimate of drug-likeness (QED) is 0.595. The van der Waals surface area contributed by atoms with Gasteiger partial charge in [0, 0.05) is 12.5 Å². The molecule has 0 atom stereocenters. The zero-order chi connectivity index (χ0) is 10.7. The number of amidine groups is 1. The van der Waals surface area contributed by atoms with Gasteiger partial charge in [-0.2, -0.15) is 0 Å². The third-order valence-corrected chi connectivity index (χ3v) is 2.60. The Bertz CT molecular complexity index is 352. The first kappa shape index (κ1) is 10.1. The Hall–Kier alpha value is -1.38. The molecule has 0 unspecified atom stereocenters. The Kier molecular flexibility index (Phi) is 2.99. The van der Waals surface area contributed by atoms with E-state index in [1.54, 1.807) is 12.1 Å². The Morgan fingerprint density at radius 3 is 2.60 bits per heavy atom. The van der Waals surface area contributed by atoms with Gasteiger partial charge >= 0.3 is 0 Å². The van der Waals surface area contributed by atoms with Crippen molar-refractivity contribution in [1.82, 2.24) is 0 Å². The van der Waals surface area contributed by atoms with Gasteiger partial charge in [0.1, 0.15) is 5.82 Å². The lowest BCUT2D eigenvalue weighted by Gasteiger charge is -1.99. The molecule has 0 heterocycles. The van der Waals surface area contributed by atoms with E-state index in [-0.39, 0.29) is 5.82 Å². The lowest BCUT2D eigenvalue weighted by atomic mass is 10.1. The molecule has 1 aromatic carbocycles. The highest BCUT2D eigenvalue weighted by molar-refractivity contribution is 5.84. The molecule has 2 nitrogen and oxygen atoms in total. The second-order valence-electron chi connectivity index (χ2n) is 3.96. The molecular formula is C12H15FN2. The second-order valence-corrected chi connectivity index (χ2v) is 3.96. The van der Waals surface area contributed by atoms with E-state index in [9.17, 15) is 4.39 Å². The number of rotatable bonds is 4. The Balaban J connectivity index is 1.82. The van der Waals surface area contributed by atoms with Gasteiger partial charge < -0.3 is 5.73 Å². The normalized spacial score (nSPS) is 16.7. The van der Waals surface area contributed by atoms with Crippen molar-refractivity contribution >= 4 is 5.84 Å². The zero-order valence-corrected chi connectivity index (χ0v) is 8.62. The largest absolute Gasteiger partial charge is 0.387 e. The molecular weight excluding hydrogens is 191 g/mol. The number of nitrogens with two attached hydrogens (primary N) is 1. The fraction of sp³-hybridized carbons (Fsp3) is 0.417. The molecule has 0 aliphatic heterocycles. The van der Waals surface area contributed by atoms with Crippen LogP contribution in [0.2, 0.25) is 0 Å². The summed E-state index contributed by atoms with van der Waals surface area (Å²) in [7, 11) is 0. The van der Waals surface area contributed by atoms with Crippen molar-refractivity contribution in [2.24, 2.45) is 16.6 Å². The maximum atomic E-state index is 12.6. The molecule has 15 heavy (non-hydrogen) atoms. The van der Waals surface area contributed by atoms with E-state index in [2.05, 4.69) is 4.99 Å². The molecule has 2 rings (SSSR count). The molecule has 1 aliphatic rings. The van der Waals surface area contributed by atoms with Crippen molar-refractivity contribution in [3.05, 3.63) is 35.6 Å². The van der Waals surface area contributed by atoms with Gasteiger partial charge in [-0.1, -0.05) is 12.1 Å². The molecule has 0 spiro atoms. The SMILES string of the molecule is NC(=NCCc1ccc(F)cc1)C1CC1. The average Bonchev–Trinajstić information content (AvgIpc) is 3.04. The number of hydrogen-bond acceptors (Lipinski definition) is 1. The van der Waals surface area contributed by atoms with Crippen LogP contribution >= 0.6 is 0 Å². The van der Waals surface area contributed by atoms with Crippen LogP contribution in [0.15, 0.2) is 29.3 Å². The van der Waals surface area contributed by atoms with Crippen molar-refractivity contribution in [3.8, 4) is 0 Å². The van der Waals surface area contributed by atoms with Crippen LogP contribution in [-0.4, -0.2) is 12.4 Å². The molecule has 80 valence electrons. The monoisotopic (exact) mass is 206 g/mol. The summed E-state index contributed by atoms with van der Waals surface area (Å²) >= 11 is 0. The van der Waals surface area contributed by atoms with E-state index in [1.165, 1.54) is 25.0 Å². The minimum atomic E-state index is -0.195. The maximum absolute atomic E-state index is 12.6. The Morgan fingerprint density at radius 2 is 2.00 bits per heavy atom. The van der Waals surface area contributed by atoms with Crippen LogP contribution in [0.25, 0.3) is 0 Å². The number of nitrogens with zero attached hydrogens (tertiary/aromatic N) is 1. The number of halogens is 1. The predicted octanol–water partition coefficient (Wildman–Crippen LogP) is 2.14. The standard InChI is InChI=1S/C12H15FN2/c13-11-5-1-9(2-6-11)7-8-15-12(14)10-3-4-10/h1-2,5-6,10H,3-4,7-8H2,(H2,14,15). The minimum Gasteiger partial charge on any atom is -0.387 e. The Labute approximate surface area is 89.0 Å². The molecule has 1 aromatic rings. The molecule has 2 N–H and O–H groups in total. The molecule has 0 radical (unpaired) electrons. The van der Waals surface area contributed by atoms with Crippen LogP contribution < -0.4 is 5.73 Å². The van der Waals surface area contributed by atoms with Crippen molar-refractivity contribution < 1.29 is 4.39 Å². The summed E-state index contributed by atoms with van der Waals surface area (Å²) in [6.07, 6.45) is 3.20. The summed E-state index contributed by atoms with van der Waals surface area (Å²) in [6.45, 7) is 0.702. The number of aliphatic imine (C=N–C) groups is 1. The van der Waals surface area contributed by atoms with Gasteiger partial charge in [-0.25, -0.2) is 4.39 Å². The Morgan fingerprint density at radius 1 is 1.33 bits per heavy atom. The van der Waals surface area contributed by atoms with Crippen LogP contribution in [0.3, 0.4) is 0 Å². The molecule has 1 fully saturated rings. The summed E-state index contributed by atoms with van der Waals surface area (Å²) in [5.41, 5.74) is 6.86. The van der Waals surface area contributed by atoms with Gasteiger partial charge in [0.05, 0.1) is 5.84 Å². The van der Waals surface area contributed by atoms with E-state index in [0.29, 0.717) is 12.5 Å². The third-order valence-electron chi connectivity index (χ3n) is 2.60. The summed E-state index contributed by atoms with van der Waals surface area (Å²) in [5, 5.41) is 0. The average molecular weight is 206 g/mol. The molecule has 3 heteroatoms. The van der Waals surface area contributed by atoms with Crippen LogP contribution in [0, 0.1) is 11.7 Å². The summed E-state index contributed by atoms with van der Waals surface area (Å²) in [6, 6.07) is 6.53. The number of hydrogen-bond donors (Lipinski definition) is 1. The van der Waals surface area contributed by atoms with Crippen LogP contribution in [0.4, 0.5) is 4.39 Å². The highest BCUT2D eigenvalue weighted by atomic mass is 19.1. The van der Waals surface area contributed by atoms with Crippen LogP contribution in [-0.2, 0) is 6.42 Å². The molecule has 1 saturated carbocycles. The summed E-state index contributed by atoms with van der Waals surface area (Å²) in [4.78, 5) is 4.30. The van der Waals surface area contributed by atoms with E-state index in [4.69, 9.17) is 5.73 Å². The molecule has 0 bridgehead atoms. The van der Waals surface area contributed by atoms with Crippen molar-refractivity contribution in [2.75, 3.05) is 6.54 Å². The fourth-order valence-electron chi connectivity index (χ4n) is 1.47. The highest BCUT2D eigenvalue weighted by Crippen LogP contribution is 2.28. The molecule has 0 amide bonds. The molecule has 1 aliphatic carbocycles. The lowest BCUT2D eigenvalue weighted by molar-refractivity contribution is 0.627. The highest BCUT2D eigenvalue weighted by Gasteiger charge is 2.24. The molecule has 0 saturated heterocycles. The summed E-state index contributed by atoms with van der Waals surface area (Å²) in [5.74, 6) is 1.13. The first-order chi connectivity index (χ1) is 7.25. The summed E-state index contributed by atoms with van der Waals surface area (Å²) < 4.78 is 12.6. The first-order valence-corrected chi connectivity index (χ1v) is 5.30. The van der Waals surface area contributed by atoms with Crippen LogP contribution in [0.1, 0.15) is 18.4 Å². The fourth-order valence-corrected chi connectivity index (χ4v) is 1.47. The van der Waals surface area contributed by atoms with E-state index in [0.717, 1.165) is 17.8 Å². The molecule has 0 aromatic heterocycles. The first-order valence-electron chi connectivity index (χ1n) is 5.30.